The summed E-state index contributed by atoms with van der Waals surface area (Å²) in [5, 5.41) is 17.8. The minimum absolute atomic E-state index is 0.0654. The molecule has 0 saturated carbocycles. The van der Waals surface area contributed by atoms with E-state index in [1.165, 1.54) is 17.5 Å². The Bertz CT molecular complexity index is 885. The molecule has 25 heavy (non-hydrogen) atoms. The first kappa shape index (κ1) is 16.6. The highest BCUT2D eigenvalue weighted by Crippen LogP contribution is 2.28. The molecule has 0 aliphatic heterocycles. The van der Waals surface area contributed by atoms with Crippen molar-refractivity contribution < 1.29 is 9.47 Å². The van der Waals surface area contributed by atoms with Gasteiger partial charge in [0.05, 0.1) is 7.11 Å². The Morgan fingerprint density at radius 1 is 1.08 bits per heavy atom. The highest BCUT2D eigenvalue weighted by atomic mass is 16.5. The minimum atomic E-state index is 0.0654. The molecule has 4 nitrogen and oxygen atoms in total. The van der Waals surface area contributed by atoms with E-state index < -0.39 is 0 Å². The third-order valence-corrected chi connectivity index (χ3v) is 4.32. The maximum Gasteiger partial charge on any atom is 0.130 e. The summed E-state index contributed by atoms with van der Waals surface area (Å²) >= 11 is 0. The minimum Gasteiger partial charge on any atom is -0.496 e. The molecule has 2 aromatic rings. The van der Waals surface area contributed by atoms with E-state index in [9.17, 15) is 0 Å². The number of hydrogen-bond donors (Lipinski definition) is 0. The third-order valence-electron chi connectivity index (χ3n) is 4.32. The van der Waals surface area contributed by atoms with Gasteiger partial charge in [-0.1, -0.05) is 12.1 Å². The lowest BCUT2D eigenvalue weighted by Crippen LogP contribution is -2.00. The second kappa shape index (κ2) is 7.55. The van der Waals surface area contributed by atoms with Crippen molar-refractivity contribution in [1.29, 1.82) is 10.5 Å². The van der Waals surface area contributed by atoms with Crippen molar-refractivity contribution >= 4 is 6.08 Å². The van der Waals surface area contributed by atoms with E-state index in [-0.39, 0.29) is 5.57 Å². The summed E-state index contributed by atoms with van der Waals surface area (Å²) in [4.78, 5) is 0. The van der Waals surface area contributed by atoms with Crippen molar-refractivity contribution in [2.75, 3.05) is 7.11 Å². The Labute approximate surface area is 147 Å². The molecule has 0 saturated heterocycles. The maximum atomic E-state index is 8.90. The van der Waals surface area contributed by atoms with Crippen LogP contribution in [0.2, 0.25) is 0 Å². The van der Waals surface area contributed by atoms with Crippen LogP contribution in [0.3, 0.4) is 0 Å². The zero-order chi connectivity index (χ0) is 17.6. The quantitative estimate of drug-likeness (QED) is 0.771. The van der Waals surface area contributed by atoms with E-state index in [1.54, 1.807) is 13.2 Å². The van der Waals surface area contributed by atoms with Crippen LogP contribution in [0, 0.1) is 22.7 Å². The van der Waals surface area contributed by atoms with Crippen molar-refractivity contribution in [1.82, 2.24) is 0 Å². The topological polar surface area (TPSA) is 66.0 Å². The van der Waals surface area contributed by atoms with Gasteiger partial charge in [0.15, 0.2) is 0 Å². The lowest BCUT2D eigenvalue weighted by atomic mass is 10.1. The van der Waals surface area contributed by atoms with Gasteiger partial charge in [0, 0.05) is 5.56 Å². The van der Waals surface area contributed by atoms with Gasteiger partial charge >= 0.3 is 0 Å². The predicted octanol–water partition coefficient (Wildman–Crippen LogP) is 4.19. The second-order valence-electron chi connectivity index (χ2n) is 5.93. The number of nitrogens with zero attached hydrogens (tertiary/aromatic N) is 2. The molecule has 0 fully saturated rings. The highest BCUT2D eigenvalue weighted by Gasteiger charge is 2.12. The summed E-state index contributed by atoms with van der Waals surface area (Å²) in [7, 11) is 1.61. The van der Waals surface area contributed by atoms with Crippen LogP contribution >= 0.6 is 0 Å². The van der Waals surface area contributed by atoms with Crippen molar-refractivity contribution in [3.8, 4) is 23.6 Å². The van der Waals surface area contributed by atoms with Crippen molar-refractivity contribution in [2.45, 2.75) is 25.9 Å². The van der Waals surface area contributed by atoms with Gasteiger partial charge in [-0.15, -0.1) is 0 Å². The zero-order valence-corrected chi connectivity index (χ0v) is 14.1. The normalized spacial score (nSPS) is 11.8. The molecule has 1 aliphatic rings. The Morgan fingerprint density at radius 3 is 2.64 bits per heavy atom. The fourth-order valence-corrected chi connectivity index (χ4v) is 3.06. The van der Waals surface area contributed by atoms with E-state index in [2.05, 4.69) is 12.1 Å². The van der Waals surface area contributed by atoms with Crippen LogP contribution in [-0.2, 0) is 19.4 Å². The first-order valence-corrected chi connectivity index (χ1v) is 8.17. The number of hydrogen-bond acceptors (Lipinski definition) is 4. The van der Waals surface area contributed by atoms with Gasteiger partial charge < -0.3 is 9.47 Å². The lowest BCUT2D eigenvalue weighted by Gasteiger charge is -2.12. The predicted molar refractivity (Wildman–Crippen MR) is 95.0 cm³/mol. The van der Waals surface area contributed by atoms with Crippen LogP contribution in [0.1, 0.15) is 28.7 Å². The Hall–Kier alpha value is -3.24. The first-order chi connectivity index (χ1) is 12.2. The Balaban J connectivity index is 1.80. The number of ether oxygens (including phenoxy) is 2. The molecule has 2 aromatic carbocycles. The monoisotopic (exact) mass is 330 g/mol. The summed E-state index contributed by atoms with van der Waals surface area (Å²) in [6.07, 6.45) is 5.03. The summed E-state index contributed by atoms with van der Waals surface area (Å²) in [6, 6.07) is 15.5. The molecule has 0 heterocycles. The molecule has 0 aromatic heterocycles. The smallest absolute Gasteiger partial charge is 0.130 e. The van der Waals surface area contributed by atoms with E-state index in [1.807, 2.05) is 36.4 Å². The van der Waals surface area contributed by atoms with Crippen molar-refractivity contribution in [2.24, 2.45) is 0 Å². The van der Waals surface area contributed by atoms with Crippen molar-refractivity contribution in [3.63, 3.8) is 0 Å². The summed E-state index contributed by atoms with van der Waals surface area (Å²) in [5.74, 6) is 1.56. The molecule has 0 unspecified atom stereocenters. The molecule has 0 atom stereocenters. The molecule has 4 heteroatoms. The molecule has 124 valence electrons. The average Bonchev–Trinajstić information content (AvgIpc) is 3.12. The molecule has 0 amide bonds. The molecular weight excluding hydrogens is 312 g/mol. The van der Waals surface area contributed by atoms with Crippen LogP contribution < -0.4 is 9.47 Å². The van der Waals surface area contributed by atoms with Gasteiger partial charge in [0.2, 0.25) is 0 Å². The van der Waals surface area contributed by atoms with Gasteiger partial charge in [-0.25, -0.2) is 0 Å². The van der Waals surface area contributed by atoms with Gasteiger partial charge in [-0.2, -0.15) is 10.5 Å². The SMILES string of the molecule is COc1ccc(C=C(C#N)C#N)cc1COc1ccc2c(c1)CCC2. The van der Waals surface area contributed by atoms with Crippen LogP contribution in [0.15, 0.2) is 42.0 Å². The van der Waals surface area contributed by atoms with Gasteiger partial charge in [-0.05, 0) is 66.3 Å². The summed E-state index contributed by atoms with van der Waals surface area (Å²) in [5.41, 5.74) is 4.49. The number of benzene rings is 2. The number of fused-ring (bicyclic) bond motifs is 1. The second-order valence-corrected chi connectivity index (χ2v) is 5.93. The van der Waals surface area contributed by atoms with Crippen LogP contribution in [0.25, 0.3) is 6.08 Å². The van der Waals surface area contributed by atoms with Crippen LogP contribution in [0.5, 0.6) is 11.5 Å². The standard InChI is InChI=1S/C21H18N2O2/c1-24-21-8-5-15(9-16(12-22)13-23)10-19(21)14-25-20-7-6-17-3-2-4-18(17)11-20/h5-11H,2-4,14H2,1H3. The average molecular weight is 330 g/mol. The van der Waals surface area contributed by atoms with E-state index >= 15 is 0 Å². The number of rotatable bonds is 5. The molecule has 3 rings (SSSR count). The van der Waals surface area contributed by atoms with Crippen LogP contribution in [0.4, 0.5) is 0 Å². The third kappa shape index (κ3) is 3.82. The largest absolute Gasteiger partial charge is 0.496 e. The Kier molecular flexibility index (Phi) is 5.02. The molecule has 1 aliphatic carbocycles. The molecule has 0 N–H and O–H groups in total. The number of nitriles is 2. The van der Waals surface area contributed by atoms with E-state index in [0.717, 1.165) is 29.7 Å². The molecule has 0 radical (unpaired) electrons. The van der Waals surface area contributed by atoms with Gasteiger partial charge in [-0.3, -0.25) is 0 Å². The zero-order valence-electron chi connectivity index (χ0n) is 14.1. The lowest BCUT2D eigenvalue weighted by molar-refractivity contribution is 0.296. The number of allylic oxidation sites excluding steroid dienone is 1. The Morgan fingerprint density at radius 2 is 1.88 bits per heavy atom. The highest BCUT2D eigenvalue weighted by molar-refractivity contribution is 5.63. The van der Waals surface area contributed by atoms with Gasteiger partial charge in [0.25, 0.3) is 0 Å². The summed E-state index contributed by atoms with van der Waals surface area (Å²) < 4.78 is 11.3. The molecule has 0 bridgehead atoms. The fraction of sp³-hybridized carbons (Fsp3) is 0.238. The van der Waals surface area contributed by atoms with Gasteiger partial charge in [0.1, 0.15) is 35.8 Å². The fourth-order valence-electron chi connectivity index (χ4n) is 3.06. The first-order valence-electron chi connectivity index (χ1n) is 8.17. The number of aryl methyl sites for hydroxylation is 2. The molecule has 0 spiro atoms. The van der Waals surface area contributed by atoms with E-state index in [0.29, 0.717) is 12.4 Å². The summed E-state index contributed by atoms with van der Waals surface area (Å²) in [6.45, 7) is 0.359. The van der Waals surface area contributed by atoms with Crippen molar-refractivity contribution in [3.05, 3.63) is 64.2 Å². The number of methoxy groups -OCH3 is 1. The molecular formula is C21H18N2O2. The van der Waals surface area contributed by atoms with Crippen LogP contribution in [-0.4, -0.2) is 7.11 Å². The van der Waals surface area contributed by atoms with E-state index in [4.69, 9.17) is 20.0 Å². The maximum absolute atomic E-state index is 8.90.